The summed E-state index contributed by atoms with van der Waals surface area (Å²) in [7, 11) is 0. The molecule has 2 nitrogen and oxygen atoms in total. The van der Waals surface area contributed by atoms with Crippen LogP contribution in [0.1, 0.15) is 44.9 Å². The molecule has 2 aliphatic rings. The first-order valence-electron chi connectivity index (χ1n) is 6.73. The normalized spacial score (nSPS) is 23.2. The molecule has 2 rings (SSSR count). The minimum atomic E-state index is 0.863. The highest BCUT2D eigenvalue weighted by Gasteiger charge is 2.20. The summed E-state index contributed by atoms with van der Waals surface area (Å²) in [6, 6.07) is 0. The zero-order chi connectivity index (χ0) is 10.3. The van der Waals surface area contributed by atoms with Crippen molar-refractivity contribution in [2.45, 2.75) is 44.9 Å². The second-order valence-corrected chi connectivity index (χ2v) is 5.23. The number of rotatable bonds is 7. The molecule has 1 N–H and O–H groups in total. The maximum atomic E-state index is 5.71. The van der Waals surface area contributed by atoms with Gasteiger partial charge >= 0.3 is 0 Å². The third-order valence-corrected chi connectivity index (χ3v) is 3.63. The molecule has 88 valence electrons. The molecule has 2 saturated carbocycles. The average molecular weight is 211 g/mol. The van der Waals surface area contributed by atoms with E-state index in [4.69, 9.17) is 4.74 Å². The fourth-order valence-electron chi connectivity index (χ4n) is 2.38. The Morgan fingerprint density at radius 3 is 2.47 bits per heavy atom. The average Bonchev–Trinajstić information content (AvgIpc) is 3.09. The Morgan fingerprint density at radius 1 is 0.933 bits per heavy atom. The van der Waals surface area contributed by atoms with E-state index in [2.05, 4.69) is 5.32 Å². The summed E-state index contributed by atoms with van der Waals surface area (Å²) in [5.41, 5.74) is 0. The molecule has 0 aromatic carbocycles. The van der Waals surface area contributed by atoms with Crippen molar-refractivity contribution in [1.29, 1.82) is 0 Å². The Labute approximate surface area is 93.8 Å². The zero-order valence-electron chi connectivity index (χ0n) is 9.84. The summed E-state index contributed by atoms with van der Waals surface area (Å²) in [4.78, 5) is 0. The predicted molar refractivity (Wildman–Crippen MR) is 63.0 cm³/mol. The molecule has 0 aliphatic heterocycles. The molecule has 0 aromatic rings. The summed E-state index contributed by atoms with van der Waals surface area (Å²) < 4.78 is 5.71. The first-order valence-corrected chi connectivity index (χ1v) is 6.73. The molecule has 0 saturated heterocycles. The molecular weight excluding hydrogens is 186 g/mol. The van der Waals surface area contributed by atoms with Crippen LogP contribution in [0.3, 0.4) is 0 Å². The van der Waals surface area contributed by atoms with Crippen LogP contribution in [-0.4, -0.2) is 26.3 Å². The van der Waals surface area contributed by atoms with Gasteiger partial charge in [-0.2, -0.15) is 0 Å². The van der Waals surface area contributed by atoms with E-state index in [1.807, 2.05) is 0 Å². The third-order valence-electron chi connectivity index (χ3n) is 3.63. The van der Waals surface area contributed by atoms with Crippen LogP contribution in [0.15, 0.2) is 0 Å². The lowest BCUT2D eigenvalue weighted by atomic mass is 9.90. The van der Waals surface area contributed by atoms with Gasteiger partial charge in [-0.25, -0.2) is 0 Å². The van der Waals surface area contributed by atoms with E-state index in [-0.39, 0.29) is 0 Å². The van der Waals surface area contributed by atoms with Crippen LogP contribution in [-0.2, 0) is 4.74 Å². The van der Waals surface area contributed by atoms with E-state index >= 15 is 0 Å². The van der Waals surface area contributed by atoms with Gasteiger partial charge in [0.05, 0.1) is 6.61 Å². The highest BCUT2D eigenvalue weighted by Crippen LogP contribution is 2.27. The largest absolute Gasteiger partial charge is 0.380 e. The van der Waals surface area contributed by atoms with Crippen LogP contribution in [0.25, 0.3) is 0 Å². The van der Waals surface area contributed by atoms with Crippen molar-refractivity contribution in [3.8, 4) is 0 Å². The molecule has 15 heavy (non-hydrogen) atoms. The van der Waals surface area contributed by atoms with Gasteiger partial charge in [0, 0.05) is 13.2 Å². The van der Waals surface area contributed by atoms with E-state index < -0.39 is 0 Å². The molecule has 0 amide bonds. The van der Waals surface area contributed by atoms with Gasteiger partial charge in [0.1, 0.15) is 0 Å². The Bertz CT molecular complexity index is 162. The molecule has 2 aliphatic carbocycles. The first kappa shape index (κ1) is 11.4. The summed E-state index contributed by atoms with van der Waals surface area (Å²) >= 11 is 0. The second-order valence-electron chi connectivity index (χ2n) is 5.23. The molecule has 0 bridgehead atoms. The summed E-state index contributed by atoms with van der Waals surface area (Å²) in [6.45, 7) is 4.17. The van der Waals surface area contributed by atoms with Gasteiger partial charge in [-0.3, -0.25) is 0 Å². The summed E-state index contributed by atoms with van der Waals surface area (Å²) in [6.07, 6.45) is 9.97. The van der Waals surface area contributed by atoms with Gasteiger partial charge in [-0.05, 0) is 44.1 Å². The minimum Gasteiger partial charge on any atom is -0.380 e. The maximum Gasteiger partial charge on any atom is 0.0591 e. The molecule has 0 spiro atoms. The van der Waals surface area contributed by atoms with Crippen molar-refractivity contribution >= 4 is 0 Å². The first-order chi connectivity index (χ1) is 7.45. The highest BCUT2D eigenvalue weighted by molar-refractivity contribution is 4.75. The molecule has 0 atom stereocenters. The quantitative estimate of drug-likeness (QED) is 0.654. The SMILES string of the molecule is C1CCC(COCCNCC2CC2)CC1. The fraction of sp³-hybridized carbons (Fsp3) is 1.00. The van der Waals surface area contributed by atoms with Crippen molar-refractivity contribution in [1.82, 2.24) is 5.32 Å². The molecule has 0 radical (unpaired) electrons. The number of hydrogen-bond donors (Lipinski definition) is 1. The van der Waals surface area contributed by atoms with Gasteiger partial charge in [0.25, 0.3) is 0 Å². The third kappa shape index (κ3) is 4.98. The number of ether oxygens (including phenoxy) is 1. The molecular formula is C13H25NO. The number of nitrogens with one attached hydrogen (secondary N) is 1. The lowest BCUT2D eigenvalue weighted by Crippen LogP contribution is -2.23. The Balaban J connectivity index is 1.37. The zero-order valence-corrected chi connectivity index (χ0v) is 9.84. The molecule has 2 heteroatoms. The van der Waals surface area contributed by atoms with Crippen LogP contribution in [0.5, 0.6) is 0 Å². The molecule has 0 aromatic heterocycles. The summed E-state index contributed by atoms with van der Waals surface area (Å²) in [5, 5.41) is 3.46. The van der Waals surface area contributed by atoms with Crippen LogP contribution in [0.4, 0.5) is 0 Å². The van der Waals surface area contributed by atoms with Gasteiger partial charge in [-0.15, -0.1) is 0 Å². The smallest absolute Gasteiger partial charge is 0.0591 e. The second kappa shape index (κ2) is 6.49. The minimum absolute atomic E-state index is 0.863. The van der Waals surface area contributed by atoms with Crippen molar-refractivity contribution in [2.75, 3.05) is 26.3 Å². The molecule has 2 fully saturated rings. The lowest BCUT2D eigenvalue weighted by Gasteiger charge is -2.21. The highest BCUT2D eigenvalue weighted by atomic mass is 16.5. The van der Waals surface area contributed by atoms with Crippen molar-refractivity contribution in [2.24, 2.45) is 11.8 Å². The summed E-state index contributed by atoms with van der Waals surface area (Å²) in [5.74, 6) is 1.85. The number of hydrogen-bond acceptors (Lipinski definition) is 2. The van der Waals surface area contributed by atoms with Gasteiger partial charge in [0.15, 0.2) is 0 Å². The molecule has 0 heterocycles. The van der Waals surface area contributed by atoms with Gasteiger partial charge in [0.2, 0.25) is 0 Å². The van der Waals surface area contributed by atoms with E-state index in [0.717, 1.165) is 31.6 Å². The van der Waals surface area contributed by atoms with Crippen LogP contribution >= 0.6 is 0 Å². The maximum absolute atomic E-state index is 5.71. The van der Waals surface area contributed by atoms with Crippen LogP contribution in [0, 0.1) is 11.8 Å². The van der Waals surface area contributed by atoms with Gasteiger partial charge < -0.3 is 10.1 Å². The topological polar surface area (TPSA) is 21.3 Å². The monoisotopic (exact) mass is 211 g/mol. The Hall–Kier alpha value is -0.0800. The molecule has 0 unspecified atom stereocenters. The van der Waals surface area contributed by atoms with E-state index in [1.165, 1.54) is 51.5 Å². The van der Waals surface area contributed by atoms with E-state index in [1.54, 1.807) is 0 Å². The lowest BCUT2D eigenvalue weighted by molar-refractivity contribution is 0.0869. The van der Waals surface area contributed by atoms with Crippen molar-refractivity contribution in [3.63, 3.8) is 0 Å². The fourth-order valence-corrected chi connectivity index (χ4v) is 2.38. The van der Waals surface area contributed by atoms with E-state index in [0.29, 0.717) is 0 Å². The predicted octanol–water partition coefficient (Wildman–Crippen LogP) is 2.58. The van der Waals surface area contributed by atoms with E-state index in [9.17, 15) is 0 Å². The Kier molecular flexibility index (Phi) is 4.94. The Morgan fingerprint density at radius 2 is 1.73 bits per heavy atom. The van der Waals surface area contributed by atoms with Crippen molar-refractivity contribution < 1.29 is 4.74 Å². The van der Waals surface area contributed by atoms with Crippen LogP contribution < -0.4 is 5.32 Å². The van der Waals surface area contributed by atoms with Crippen molar-refractivity contribution in [3.05, 3.63) is 0 Å². The van der Waals surface area contributed by atoms with Gasteiger partial charge in [-0.1, -0.05) is 19.3 Å². The van der Waals surface area contributed by atoms with Crippen LogP contribution in [0.2, 0.25) is 0 Å². The standard InChI is InChI=1S/C13H25NO/c1-2-4-13(5-3-1)11-15-9-8-14-10-12-6-7-12/h12-14H,1-11H2.